The third-order valence-electron chi connectivity index (χ3n) is 1.45. The minimum absolute atomic E-state index is 0.100. The van der Waals surface area contributed by atoms with Crippen LogP contribution in [-0.4, -0.2) is 10.8 Å². The van der Waals surface area contributed by atoms with Crippen molar-refractivity contribution in [1.29, 1.82) is 0 Å². The number of carbonyl (C=O) groups is 1. The van der Waals surface area contributed by atoms with E-state index in [-0.39, 0.29) is 5.78 Å². The van der Waals surface area contributed by atoms with E-state index in [2.05, 4.69) is 28.1 Å². The molecule has 0 unspecified atom stereocenters. The highest BCUT2D eigenvalue weighted by molar-refractivity contribution is 9.11. The van der Waals surface area contributed by atoms with E-state index >= 15 is 0 Å². The fraction of sp³-hybridized carbons (Fsp3) is 0.250. The molecule has 1 aromatic rings. The second-order valence-corrected chi connectivity index (χ2v) is 5.48. The Balaban J connectivity index is 2.54. The highest BCUT2D eigenvalue weighted by atomic mass is 79.9. The number of carbonyl (C=O) groups excluding carboxylic acids is 1. The SMILES string of the molecule is NC(=S)CCC(=O)c1ccc(Br)s1. The van der Waals surface area contributed by atoms with Gasteiger partial charge >= 0.3 is 0 Å². The summed E-state index contributed by atoms with van der Waals surface area (Å²) in [5.41, 5.74) is 5.30. The Kier molecular flexibility index (Phi) is 4.02. The maximum Gasteiger partial charge on any atom is 0.173 e. The number of rotatable bonds is 4. The van der Waals surface area contributed by atoms with Gasteiger partial charge in [-0.2, -0.15) is 0 Å². The molecular weight excluding hydrogens is 270 g/mol. The standard InChI is InChI=1S/C8H8BrNOS2/c9-7-3-2-6(13-7)5(11)1-4-8(10)12/h2-3H,1,4H2,(H2,10,12). The maximum absolute atomic E-state index is 11.4. The van der Waals surface area contributed by atoms with Gasteiger partial charge in [-0.25, -0.2) is 0 Å². The van der Waals surface area contributed by atoms with Gasteiger partial charge in [0.15, 0.2) is 5.78 Å². The van der Waals surface area contributed by atoms with Crippen molar-refractivity contribution in [1.82, 2.24) is 0 Å². The quantitative estimate of drug-likeness (QED) is 0.680. The molecule has 0 aliphatic heterocycles. The molecule has 70 valence electrons. The largest absolute Gasteiger partial charge is 0.393 e. The minimum Gasteiger partial charge on any atom is -0.393 e. The molecule has 0 amide bonds. The molecule has 0 aromatic carbocycles. The third-order valence-corrected chi connectivity index (χ3v) is 3.32. The molecule has 1 heterocycles. The van der Waals surface area contributed by atoms with Crippen LogP contribution < -0.4 is 5.73 Å². The summed E-state index contributed by atoms with van der Waals surface area (Å²) in [6.07, 6.45) is 0.895. The van der Waals surface area contributed by atoms with E-state index in [4.69, 9.17) is 5.73 Å². The van der Waals surface area contributed by atoms with Crippen LogP contribution in [0.4, 0.5) is 0 Å². The van der Waals surface area contributed by atoms with E-state index in [9.17, 15) is 4.79 Å². The van der Waals surface area contributed by atoms with Gasteiger partial charge in [-0.1, -0.05) is 12.2 Å². The zero-order chi connectivity index (χ0) is 9.84. The van der Waals surface area contributed by atoms with Crippen molar-refractivity contribution in [2.24, 2.45) is 5.73 Å². The van der Waals surface area contributed by atoms with E-state index in [0.717, 1.165) is 8.66 Å². The highest BCUT2D eigenvalue weighted by Crippen LogP contribution is 2.23. The zero-order valence-corrected chi connectivity index (χ0v) is 9.97. The van der Waals surface area contributed by atoms with Crippen molar-refractivity contribution in [3.05, 3.63) is 20.8 Å². The first kappa shape index (κ1) is 10.8. The summed E-state index contributed by atoms with van der Waals surface area (Å²) in [6, 6.07) is 3.66. The first-order valence-electron chi connectivity index (χ1n) is 3.66. The van der Waals surface area contributed by atoms with Crippen LogP contribution in [0, 0.1) is 0 Å². The molecule has 0 atom stereocenters. The lowest BCUT2D eigenvalue weighted by atomic mass is 10.2. The second kappa shape index (κ2) is 4.83. The summed E-state index contributed by atoms with van der Waals surface area (Å²) in [5, 5.41) is 0. The molecule has 0 fully saturated rings. The molecule has 0 spiro atoms. The van der Waals surface area contributed by atoms with Gasteiger partial charge in [-0.15, -0.1) is 11.3 Å². The van der Waals surface area contributed by atoms with Crippen LogP contribution in [0.15, 0.2) is 15.9 Å². The predicted molar refractivity (Wildman–Crippen MR) is 62.4 cm³/mol. The Morgan fingerprint density at radius 2 is 2.23 bits per heavy atom. The van der Waals surface area contributed by atoms with Gasteiger partial charge in [-0.05, 0) is 28.1 Å². The normalized spacial score (nSPS) is 9.92. The lowest BCUT2D eigenvalue weighted by Crippen LogP contribution is -2.09. The van der Waals surface area contributed by atoms with Crippen molar-refractivity contribution < 1.29 is 4.79 Å². The van der Waals surface area contributed by atoms with Crippen molar-refractivity contribution in [3.8, 4) is 0 Å². The van der Waals surface area contributed by atoms with Crippen molar-refractivity contribution in [2.45, 2.75) is 12.8 Å². The smallest absolute Gasteiger partial charge is 0.173 e. The Morgan fingerprint density at radius 1 is 1.54 bits per heavy atom. The van der Waals surface area contributed by atoms with Crippen LogP contribution in [0.5, 0.6) is 0 Å². The topological polar surface area (TPSA) is 43.1 Å². The van der Waals surface area contributed by atoms with Crippen LogP contribution in [0.25, 0.3) is 0 Å². The molecule has 2 nitrogen and oxygen atoms in total. The Bertz CT molecular complexity index is 335. The number of ketones is 1. The number of Topliss-reactive ketones (excluding diaryl/α,β-unsaturated/α-hetero) is 1. The molecule has 1 rings (SSSR count). The fourth-order valence-corrected chi connectivity index (χ4v) is 2.28. The molecule has 0 saturated carbocycles. The molecule has 1 aromatic heterocycles. The van der Waals surface area contributed by atoms with E-state index in [1.54, 1.807) is 6.07 Å². The molecule has 0 aliphatic rings. The number of thiophene rings is 1. The van der Waals surface area contributed by atoms with Crippen LogP contribution in [0.2, 0.25) is 0 Å². The van der Waals surface area contributed by atoms with Crippen LogP contribution in [0.1, 0.15) is 22.5 Å². The van der Waals surface area contributed by atoms with E-state index in [1.165, 1.54) is 11.3 Å². The number of halogens is 1. The molecule has 0 bridgehead atoms. The van der Waals surface area contributed by atoms with Crippen molar-refractivity contribution in [2.75, 3.05) is 0 Å². The maximum atomic E-state index is 11.4. The van der Waals surface area contributed by atoms with Crippen LogP contribution in [-0.2, 0) is 0 Å². The van der Waals surface area contributed by atoms with E-state index in [0.29, 0.717) is 17.8 Å². The minimum atomic E-state index is 0.100. The average Bonchev–Trinajstić information content (AvgIpc) is 2.47. The summed E-state index contributed by atoms with van der Waals surface area (Å²) in [6.45, 7) is 0. The summed E-state index contributed by atoms with van der Waals surface area (Å²) >= 11 is 9.42. The van der Waals surface area contributed by atoms with Crippen molar-refractivity contribution in [3.63, 3.8) is 0 Å². The Hall–Kier alpha value is -0.260. The first-order chi connectivity index (χ1) is 6.09. The summed E-state index contributed by atoms with van der Waals surface area (Å²) in [7, 11) is 0. The lowest BCUT2D eigenvalue weighted by molar-refractivity contribution is 0.0989. The second-order valence-electron chi connectivity index (χ2n) is 2.49. The van der Waals surface area contributed by atoms with Gasteiger partial charge in [0.2, 0.25) is 0 Å². The van der Waals surface area contributed by atoms with E-state index < -0.39 is 0 Å². The number of nitrogens with two attached hydrogens (primary N) is 1. The zero-order valence-electron chi connectivity index (χ0n) is 6.75. The average molecular weight is 278 g/mol. The van der Waals surface area contributed by atoms with Gasteiger partial charge in [0.1, 0.15) is 0 Å². The fourth-order valence-electron chi connectivity index (χ4n) is 0.824. The molecule has 13 heavy (non-hydrogen) atoms. The molecule has 0 radical (unpaired) electrons. The van der Waals surface area contributed by atoms with Gasteiger partial charge in [-0.3, -0.25) is 4.79 Å². The molecule has 2 N–H and O–H groups in total. The van der Waals surface area contributed by atoms with Gasteiger partial charge < -0.3 is 5.73 Å². The van der Waals surface area contributed by atoms with Crippen molar-refractivity contribution >= 4 is 50.3 Å². The third kappa shape index (κ3) is 3.54. The number of hydrogen-bond acceptors (Lipinski definition) is 3. The number of thiocarbonyl (C=S) groups is 1. The number of hydrogen-bond donors (Lipinski definition) is 1. The van der Waals surface area contributed by atoms with Gasteiger partial charge in [0, 0.05) is 12.8 Å². The monoisotopic (exact) mass is 277 g/mol. The van der Waals surface area contributed by atoms with E-state index in [1.807, 2.05) is 6.07 Å². The van der Waals surface area contributed by atoms with Gasteiger partial charge in [0.05, 0.1) is 13.7 Å². The summed E-state index contributed by atoms with van der Waals surface area (Å²) in [5.74, 6) is 0.100. The Labute approximate surface area is 94.3 Å². The Morgan fingerprint density at radius 3 is 2.69 bits per heavy atom. The molecule has 0 aliphatic carbocycles. The molecule has 0 saturated heterocycles. The first-order valence-corrected chi connectivity index (χ1v) is 5.68. The molecule has 5 heteroatoms. The summed E-state index contributed by atoms with van der Waals surface area (Å²) in [4.78, 5) is 12.6. The predicted octanol–water partition coefficient (Wildman–Crippen LogP) is 2.76. The van der Waals surface area contributed by atoms with Crippen LogP contribution >= 0.6 is 39.5 Å². The lowest BCUT2D eigenvalue weighted by Gasteiger charge is -1.95. The summed E-state index contributed by atoms with van der Waals surface area (Å²) < 4.78 is 0.964. The highest BCUT2D eigenvalue weighted by Gasteiger charge is 2.08. The van der Waals surface area contributed by atoms with Crippen LogP contribution in [0.3, 0.4) is 0 Å². The molecular formula is C8H8BrNOS2. The van der Waals surface area contributed by atoms with Gasteiger partial charge in [0.25, 0.3) is 0 Å².